The predicted molar refractivity (Wildman–Crippen MR) is 67.5 cm³/mol. The van der Waals surface area contributed by atoms with Crippen molar-refractivity contribution in [1.82, 2.24) is 4.90 Å². The number of nitro benzene ring substituents is 1. The van der Waals surface area contributed by atoms with Crippen LogP contribution in [0.2, 0.25) is 0 Å². The molecule has 1 aliphatic heterocycles. The van der Waals surface area contributed by atoms with Crippen molar-refractivity contribution in [3.63, 3.8) is 0 Å². The van der Waals surface area contributed by atoms with Crippen LogP contribution in [0.25, 0.3) is 0 Å². The number of hydrogen-bond acceptors (Lipinski definition) is 5. The topological polar surface area (TPSA) is 92.6 Å². The number of nitro groups is 1. The molecule has 8 heteroatoms. The summed E-state index contributed by atoms with van der Waals surface area (Å²) in [4.78, 5) is 34.4. The van der Waals surface area contributed by atoms with E-state index in [1.807, 2.05) is 0 Å². The molecule has 1 atom stereocenters. The van der Waals surface area contributed by atoms with Gasteiger partial charge < -0.3 is 5.32 Å². The van der Waals surface area contributed by atoms with Crippen molar-refractivity contribution < 1.29 is 18.9 Å². The normalized spacial score (nSPS) is 19.1. The van der Waals surface area contributed by atoms with Crippen molar-refractivity contribution in [1.29, 1.82) is 0 Å². The average molecular weight is 281 g/mol. The van der Waals surface area contributed by atoms with Crippen molar-refractivity contribution in [3.05, 3.63) is 34.1 Å². The first-order valence-electron chi connectivity index (χ1n) is 5.91. The standard InChI is InChI=1S/C12H12FN3O4/c1-15-11(17)5-3-8(12(15)18)14-9-6-7(13)2-4-10(9)16(19)20/h2,4,6,8,14H,3,5H2,1H3. The number of amides is 2. The van der Waals surface area contributed by atoms with Gasteiger partial charge in [-0.15, -0.1) is 0 Å². The van der Waals surface area contributed by atoms with Gasteiger partial charge in [0.15, 0.2) is 0 Å². The van der Waals surface area contributed by atoms with E-state index < -0.39 is 22.7 Å². The number of halogens is 1. The first-order chi connectivity index (χ1) is 9.40. The van der Waals surface area contributed by atoms with Gasteiger partial charge in [-0.1, -0.05) is 0 Å². The fourth-order valence-electron chi connectivity index (χ4n) is 2.02. The Balaban J connectivity index is 2.26. The predicted octanol–water partition coefficient (Wildman–Crippen LogP) is 1.29. The molecule has 1 aromatic carbocycles. The number of likely N-dealkylation sites (tertiary alicyclic amines) is 1. The van der Waals surface area contributed by atoms with E-state index in [9.17, 15) is 24.1 Å². The molecule has 0 spiro atoms. The minimum Gasteiger partial charge on any atom is -0.368 e. The summed E-state index contributed by atoms with van der Waals surface area (Å²) in [6, 6.07) is 2.18. The van der Waals surface area contributed by atoms with Crippen LogP contribution < -0.4 is 5.32 Å². The molecule has 1 aromatic rings. The molecular weight excluding hydrogens is 269 g/mol. The molecule has 0 bridgehead atoms. The monoisotopic (exact) mass is 281 g/mol. The molecule has 2 amide bonds. The number of rotatable bonds is 3. The molecule has 1 saturated heterocycles. The molecule has 1 N–H and O–H groups in total. The van der Waals surface area contributed by atoms with Crippen LogP contribution >= 0.6 is 0 Å². The number of benzene rings is 1. The molecule has 1 heterocycles. The summed E-state index contributed by atoms with van der Waals surface area (Å²) >= 11 is 0. The summed E-state index contributed by atoms with van der Waals surface area (Å²) in [6.07, 6.45) is 0.374. The Hall–Kier alpha value is -2.51. The number of anilines is 1. The molecule has 0 aromatic heterocycles. The van der Waals surface area contributed by atoms with Gasteiger partial charge in [-0.05, 0) is 12.5 Å². The summed E-state index contributed by atoms with van der Waals surface area (Å²) in [5, 5.41) is 13.5. The van der Waals surface area contributed by atoms with E-state index in [4.69, 9.17) is 0 Å². The zero-order valence-electron chi connectivity index (χ0n) is 10.6. The number of imide groups is 1. The van der Waals surface area contributed by atoms with Crippen LogP contribution in [0.1, 0.15) is 12.8 Å². The number of carbonyl (C=O) groups is 2. The molecule has 106 valence electrons. The molecule has 1 aliphatic rings. The number of likely N-dealkylation sites (N-methyl/N-ethyl adjacent to an activating group) is 1. The van der Waals surface area contributed by atoms with Gasteiger partial charge in [0.05, 0.1) is 4.92 Å². The van der Waals surface area contributed by atoms with Gasteiger partial charge in [0.2, 0.25) is 5.91 Å². The van der Waals surface area contributed by atoms with Crippen molar-refractivity contribution >= 4 is 23.2 Å². The lowest BCUT2D eigenvalue weighted by Crippen LogP contribution is -2.48. The molecule has 0 saturated carbocycles. The quantitative estimate of drug-likeness (QED) is 0.512. The van der Waals surface area contributed by atoms with Gasteiger partial charge in [-0.2, -0.15) is 0 Å². The molecule has 20 heavy (non-hydrogen) atoms. The van der Waals surface area contributed by atoms with E-state index in [0.717, 1.165) is 23.1 Å². The second-order valence-corrected chi connectivity index (χ2v) is 4.45. The third kappa shape index (κ3) is 2.58. The largest absolute Gasteiger partial charge is 0.368 e. The second kappa shape index (κ2) is 5.24. The molecular formula is C12H12FN3O4. The maximum Gasteiger partial charge on any atom is 0.292 e. The van der Waals surface area contributed by atoms with Crippen LogP contribution in [0.5, 0.6) is 0 Å². The smallest absolute Gasteiger partial charge is 0.292 e. The van der Waals surface area contributed by atoms with E-state index in [0.29, 0.717) is 0 Å². The Labute approximate surface area is 113 Å². The fourth-order valence-corrected chi connectivity index (χ4v) is 2.02. The first-order valence-corrected chi connectivity index (χ1v) is 5.91. The highest BCUT2D eigenvalue weighted by molar-refractivity contribution is 6.01. The number of nitrogens with zero attached hydrogens (tertiary/aromatic N) is 2. The Kier molecular flexibility index (Phi) is 3.64. The third-order valence-electron chi connectivity index (χ3n) is 3.13. The van der Waals surface area contributed by atoms with Crippen LogP contribution in [-0.2, 0) is 9.59 Å². The minimum absolute atomic E-state index is 0.0731. The fraction of sp³-hybridized carbons (Fsp3) is 0.333. The van der Waals surface area contributed by atoms with E-state index in [1.54, 1.807) is 0 Å². The summed E-state index contributed by atoms with van der Waals surface area (Å²) in [5.41, 5.74) is -0.394. The average Bonchev–Trinajstić information content (AvgIpc) is 2.39. The highest BCUT2D eigenvalue weighted by atomic mass is 19.1. The van der Waals surface area contributed by atoms with Gasteiger partial charge >= 0.3 is 0 Å². The SMILES string of the molecule is CN1C(=O)CCC(Nc2cc(F)ccc2[N+](=O)[O-])C1=O. The molecule has 2 rings (SSSR count). The molecule has 1 unspecified atom stereocenters. The maximum atomic E-state index is 13.2. The molecule has 7 nitrogen and oxygen atoms in total. The van der Waals surface area contributed by atoms with E-state index in [2.05, 4.69) is 5.32 Å². The van der Waals surface area contributed by atoms with Gasteiger partial charge in [0.1, 0.15) is 17.5 Å². The highest BCUT2D eigenvalue weighted by Gasteiger charge is 2.32. The molecule has 1 fully saturated rings. The number of hydrogen-bond donors (Lipinski definition) is 1. The zero-order chi connectivity index (χ0) is 14.9. The van der Waals surface area contributed by atoms with E-state index >= 15 is 0 Å². The van der Waals surface area contributed by atoms with Crippen molar-refractivity contribution in [2.24, 2.45) is 0 Å². The van der Waals surface area contributed by atoms with Crippen molar-refractivity contribution in [2.45, 2.75) is 18.9 Å². The van der Waals surface area contributed by atoms with Crippen molar-refractivity contribution in [2.75, 3.05) is 12.4 Å². The lowest BCUT2D eigenvalue weighted by Gasteiger charge is -2.28. The van der Waals surface area contributed by atoms with Crippen LogP contribution in [0.4, 0.5) is 15.8 Å². The van der Waals surface area contributed by atoms with Gasteiger partial charge in [0.25, 0.3) is 11.6 Å². The number of piperidine rings is 1. The second-order valence-electron chi connectivity index (χ2n) is 4.45. The lowest BCUT2D eigenvalue weighted by molar-refractivity contribution is -0.384. The van der Waals surface area contributed by atoms with Crippen molar-refractivity contribution in [3.8, 4) is 0 Å². The minimum atomic E-state index is -0.779. The zero-order valence-corrected chi connectivity index (χ0v) is 10.6. The summed E-state index contributed by atoms with van der Waals surface area (Å²) in [5.74, 6) is -1.44. The van der Waals surface area contributed by atoms with Crippen LogP contribution in [0.3, 0.4) is 0 Å². The van der Waals surface area contributed by atoms with Gasteiger partial charge in [0, 0.05) is 25.6 Å². The Morgan fingerprint density at radius 2 is 2.15 bits per heavy atom. The van der Waals surface area contributed by atoms with Crippen LogP contribution in [-0.4, -0.2) is 34.7 Å². The molecule has 0 radical (unpaired) electrons. The highest BCUT2D eigenvalue weighted by Crippen LogP contribution is 2.27. The van der Waals surface area contributed by atoms with Crippen LogP contribution in [0.15, 0.2) is 18.2 Å². The summed E-state index contributed by atoms with van der Waals surface area (Å²) < 4.78 is 13.2. The third-order valence-corrected chi connectivity index (χ3v) is 3.13. The summed E-state index contributed by atoms with van der Waals surface area (Å²) in [6.45, 7) is 0. The Bertz CT molecular complexity index is 590. The molecule has 0 aliphatic carbocycles. The summed E-state index contributed by atoms with van der Waals surface area (Å²) in [7, 11) is 1.35. The van der Waals surface area contributed by atoms with Gasteiger partial charge in [-0.25, -0.2) is 4.39 Å². The van der Waals surface area contributed by atoms with Gasteiger partial charge in [-0.3, -0.25) is 24.6 Å². The Morgan fingerprint density at radius 1 is 1.45 bits per heavy atom. The van der Waals surface area contributed by atoms with Crippen LogP contribution in [0, 0.1) is 15.9 Å². The number of carbonyl (C=O) groups excluding carboxylic acids is 2. The maximum absolute atomic E-state index is 13.2. The van der Waals surface area contributed by atoms with E-state index in [1.165, 1.54) is 7.05 Å². The lowest BCUT2D eigenvalue weighted by atomic mass is 10.0. The first kappa shape index (κ1) is 13.9. The number of nitrogens with one attached hydrogen (secondary N) is 1. The Morgan fingerprint density at radius 3 is 2.80 bits per heavy atom. The van der Waals surface area contributed by atoms with E-state index in [-0.39, 0.29) is 30.1 Å².